The number of thioether (sulfide) groups is 1. The van der Waals surface area contributed by atoms with E-state index in [1.165, 1.54) is 28.7 Å². The van der Waals surface area contributed by atoms with E-state index in [0.29, 0.717) is 12.3 Å². The molecule has 2 N–H and O–H groups in total. The molecule has 3 rings (SSSR count). The SMILES string of the molecule is C=CCNc1nnc(SCC(=O)N[C@@H](Cc2ccccc2)c2ccccc2)s1. The highest BCUT2D eigenvalue weighted by Gasteiger charge is 2.16. The third-order valence-electron chi connectivity index (χ3n) is 3.95. The van der Waals surface area contributed by atoms with Crippen LogP contribution in [0.2, 0.25) is 0 Å². The van der Waals surface area contributed by atoms with Gasteiger partial charge in [-0.1, -0.05) is 89.8 Å². The van der Waals surface area contributed by atoms with E-state index >= 15 is 0 Å². The fourth-order valence-electron chi connectivity index (χ4n) is 2.65. The van der Waals surface area contributed by atoms with E-state index in [1.807, 2.05) is 48.5 Å². The zero-order valence-electron chi connectivity index (χ0n) is 15.4. The standard InChI is InChI=1S/C21H22N4OS2/c1-2-13-22-20-24-25-21(28-20)27-15-19(26)23-18(17-11-7-4-8-12-17)14-16-9-5-3-6-10-16/h2-12,18H,1,13-15H2,(H,22,24)(H,23,26)/t18-/m0/s1. The van der Waals surface area contributed by atoms with Crippen molar-refractivity contribution in [3.63, 3.8) is 0 Å². The number of carbonyl (C=O) groups is 1. The van der Waals surface area contributed by atoms with Gasteiger partial charge < -0.3 is 10.6 Å². The Morgan fingerprint density at radius 2 is 1.82 bits per heavy atom. The van der Waals surface area contributed by atoms with E-state index in [1.54, 1.807) is 6.08 Å². The van der Waals surface area contributed by atoms with Gasteiger partial charge in [-0.3, -0.25) is 4.79 Å². The molecule has 0 aliphatic carbocycles. The summed E-state index contributed by atoms with van der Waals surface area (Å²) < 4.78 is 0.765. The maximum Gasteiger partial charge on any atom is 0.230 e. The van der Waals surface area contributed by atoms with Gasteiger partial charge in [-0.25, -0.2) is 0 Å². The fraction of sp³-hybridized carbons (Fsp3) is 0.190. The van der Waals surface area contributed by atoms with E-state index in [4.69, 9.17) is 0 Å². The van der Waals surface area contributed by atoms with Gasteiger partial charge in [0.25, 0.3) is 0 Å². The lowest BCUT2D eigenvalue weighted by Crippen LogP contribution is -2.31. The molecule has 0 aliphatic heterocycles. The summed E-state index contributed by atoms with van der Waals surface area (Å²) in [4.78, 5) is 12.6. The number of hydrogen-bond acceptors (Lipinski definition) is 6. The number of nitrogens with zero attached hydrogens (tertiary/aromatic N) is 2. The summed E-state index contributed by atoms with van der Waals surface area (Å²) in [7, 11) is 0. The van der Waals surface area contributed by atoms with Crippen molar-refractivity contribution in [3.05, 3.63) is 84.4 Å². The molecule has 0 aliphatic rings. The Morgan fingerprint density at radius 3 is 2.54 bits per heavy atom. The molecule has 1 aromatic heterocycles. The largest absolute Gasteiger partial charge is 0.357 e. The van der Waals surface area contributed by atoms with Crippen molar-refractivity contribution in [1.82, 2.24) is 15.5 Å². The molecule has 0 bridgehead atoms. The summed E-state index contributed by atoms with van der Waals surface area (Å²) in [6.07, 6.45) is 2.51. The van der Waals surface area contributed by atoms with Gasteiger partial charge in [0.05, 0.1) is 11.8 Å². The molecule has 1 atom stereocenters. The number of carbonyl (C=O) groups excluding carboxylic acids is 1. The zero-order valence-corrected chi connectivity index (χ0v) is 17.0. The van der Waals surface area contributed by atoms with Gasteiger partial charge in [0.15, 0.2) is 4.34 Å². The van der Waals surface area contributed by atoms with Crippen LogP contribution in [-0.4, -0.2) is 28.4 Å². The van der Waals surface area contributed by atoms with E-state index in [-0.39, 0.29) is 11.9 Å². The van der Waals surface area contributed by atoms with Crippen LogP contribution in [0.3, 0.4) is 0 Å². The molecule has 0 spiro atoms. The summed E-state index contributed by atoms with van der Waals surface area (Å²) in [5.41, 5.74) is 2.28. The number of aromatic nitrogens is 2. The maximum absolute atomic E-state index is 12.6. The third-order valence-corrected chi connectivity index (χ3v) is 5.96. The van der Waals surface area contributed by atoms with Gasteiger partial charge in [0.2, 0.25) is 11.0 Å². The minimum atomic E-state index is -0.0732. The summed E-state index contributed by atoms with van der Waals surface area (Å²) >= 11 is 2.83. The molecule has 5 nitrogen and oxygen atoms in total. The van der Waals surface area contributed by atoms with Crippen molar-refractivity contribution in [2.24, 2.45) is 0 Å². The molecule has 0 saturated carbocycles. The predicted molar refractivity (Wildman–Crippen MR) is 117 cm³/mol. The number of hydrogen-bond donors (Lipinski definition) is 2. The highest BCUT2D eigenvalue weighted by atomic mass is 32.2. The molecule has 7 heteroatoms. The Balaban J connectivity index is 1.59. The monoisotopic (exact) mass is 410 g/mol. The van der Waals surface area contributed by atoms with E-state index < -0.39 is 0 Å². The van der Waals surface area contributed by atoms with Crippen LogP contribution >= 0.6 is 23.1 Å². The van der Waals surface area contributed by atoms with Crippen molar-refractivity contribution >= 4 is 34.1 Å². The number of amides is 1. The number of anilines is 1. The molecular formula is C21H22N4OS2. The van der Waals surface area contributed by atoms with Crippen LogP contribution in [0.15, 0.2) is 77.7 Å². The fourth-order valence-corrected chi connectivity index (χ4v) is 4.22. The quantitative estimate of drug-likeness (QED) is 0.385. The first-order valence-corrected chi connectivity index (χ1v) is 10.7. The smallest absolute Gasteiger partial charge is 0.230 e. The molecule has 0 radical (unpaired) electrons. The van der Waals surface area contributed by atoms with Gasteiger partial charge in [-0.15, -0.1) is 16.8 Å². The minimum Gasteiger partial charge on any atom is -0.357 e. The van der Waals surface area contributed by atoms with Gasteiger partial charge >= 0.3 is 0 Å². The minimum absolute atomic E-state index is 0.0226. The Labute approximate surface area is 173 Å². The molecular weight excluding hydrogens is 388 g/mol. The highest BCUT2D eigenvalue weighted by molar-refractivity contribution is 8.01. The molecule has 0 unspecified atom stereocenters. The Hall–Kier alpha value is -2.64. The summed E-state index contributed by atoms with van der Waals surface area (Å²) in [5.74, 6) is 0.277. The van der Waals surface area contributed by atoms with Gasteiger partial charge in [0.1, 0.15) is 0 Å². The molecule has 2 aromatic carbocycles. The topological polar surface area (TPSA) is 66.9 Å². The van der Waals surface area contributed by atoms with Crippen molar-refractivity contribution < 1.29 is 4.79 Å². The first kappa shape index (κ1) is 20.1. The van der Waals surface area contributed by atoms with Crippen molar-refractivity contribution in [1.29, 1.82) is 0 Å². The van der Waals surface area contributed by atoms with E-state index in [2.05, 4.69) is 39.5 Å². The molecule has 1 amide bonds. The third kappa shape index (κ3) is 6.21. The average Bonchev–Trinajstić information content (AvgIpc) is 3.19. The predicted octanol–water partition coefficient (Wildman–Crippen LogP) is 4.33. The lowest BCUT2D eigenvalue weighted by molar-refractivity contribution is -0.119. The maximum atomic E-state index is 12.6. The summed E-state index contributed by atoms with van der Waals surface area (Å²) in [6.45, 7) is 4.30. The van der Waals surface area contributed by atoms with Gasteiger partial charge in [-0.2, -0.15) is 0 Å². The van der Waals surface area contributed by atoms with Crippen LogP contribution < -0.4 is 10.6 Å². The molecule has 1 heterocycles. The van der Waals surface area contributed by atoms with Crippen LogP contribution in [0.4, 0.5) is 5.13 Å². The molecule has 144 valence electrons. The van der Waals surface area contributed by atoms with Crippen LogP contribution in [0, 0.1) is 0 Å². The lowest BCUT2D eigenvalue weighted by atomic mass is 9.99. The lowest BCUT2D eigenvalue weighted by Gasteiger charge is -2.19. The van der Waals surface area contributed by atoms with Crippen LogP contribution in [0.1, 0.15) is 17.2 Å². The first-order valence-electron chi connectivity index (χ1n) is 8.94. The van der Waals surface area contributed by atoms with Crippen molar-refractivity contribution in [2.45, 2.75) is 16.8 Å². The summed E-state index contributed by atoms with van der Waals surface area (Å²) in [6, 6.07) is 20.2. The Bertz CT molecular complexity index is 884. The normalized spacial score (nSPS) is 11.6. The second-order valence-corrected chi connectivity index (χ2v) is 8.25. The summed E-state index contributed by atoms with van der Waals surface area (Å²) in [5, 5.41) is 15.1. The molecule has 0 saturated heterocycles. The number of benzene rings is 2. The van der Waals surface area contributed by atoms with Crippen molar-refractivity contribution in [2.75, 3.05) is 17.6 Å². The highest BCUT2D eigenvalue weighted by Crippen LogP contribution is 2.25. The Kier molecular flexibility index (Phi) is 7.63. The molecule has 3 aromatic rings. The number of rotatable bonds is 10. The van der Waals surface area contributed by atoms with Crippen molar-refractivity contribution in [3.8, 4) is 0 Å². The second kappa shape index (κ2) is 10.6. The van der Waals surface area contributed by atoms with E-state index in [0.717, 1.165) is 21.5 Å². The zero-order chi connectivity index (χ0) is 19.6. The van der Waals surface area contributed by atoms with Crippen LogP contribution in [0.5, 0.6) is 0 Å². The van der Waals surface area contributed by atoms with Crippen LogP contribution in [0.25, 0.3) is 0 Å². The first-order chi connectivity index (χ1) is 13.7. The van der Waals surface area contributed by atoms with Gasteiger partial charge in [0, 0.05) is 6.54 Å². The van der Waals surface area contributed by atoms with Gasteiger partial charge in [-0.05, 0) is 17.5 Å². The molecule has 28 heavy (non-hydrogen) atoms. The Morgan fingerprint density at radius 1 is 1.11 bits per heavy atom. The average molecular weight is 411 g/mol. The van der Waals surface area contributed by atoms with E-state index in [9.17, 15) is 4.79 Å². The van der Waals surface area contributed by atoms with Crippen LogP contribution in [-0.2, 0) is 11.2 Å². The second-order valence-electron chi connectivity index (χ2n) is 6.05. The molecule has 0 fully saturated rings. The number of nitrogens with one attached hydrogen (secondary N) is 2.